The Morgan fingerprint density at radius 2 is 1.79 bits per heavy atom. The van der Waals surface area contributed by atoms with Crippen LogP contribution in [0, 0.1) is 0 Å². The summed E-state index contributed by atoms with van der Waals surface area (Å²) in [5, 5.41) is 14.5. The lowest BCUT2D eigenvalue weighted by Crippen LogP contribution is -2.28. The average molecular weight is 394 g/mol. The van der Waals surface area contributed by atoms with Crippen molar-refractivity contribution < 1.29 is 4.79 Å². The van der Waals surface area contributed by atoms with E-state index in [0.29, 0.717) is 28.8 Å². The van der Waals surface area contributed by atoms with Crippen LogP contribution in [0.5, 0.6) is 0 Å². The SMILES string of the molecule is O=C(NCc1ccnc(-n2cccn2)c1)Nc1cccc(Cl)c1-n1cccn1. The summed E-state index contributed by atoms with van der Waals surface area (Å²) < 4.78 is 3.27. The van der Waals surface area contributed by atoms with Gasteiger partial charge in [0.05, 0.1) is 10.7 Å². The third-order valence-corrected chi connectivity index (χ3v) is 4.28. The second kappa shape index (κ2) is 7.93. The highest BCUT2D eigenvalue weighted by atomic mass is 35.5. The highest BCUT2D eigenvalue weighted by molar-refractivity contribution is 6.33. The van der Waals surface area contributed by atoms with E-state index < -0.39 is 0 Å². The second-order valence-electron chi connectivity index (χ2n) is 5.87. The number of benzene rings is 1. The van der Waals surface area contributed by atoms with Crippen LogP contribution in [0.3, 0.4) is 0 Å². The molecule has 3 heterocycles. The lowest BCUT2D eigenvalue weighted by molar-refractivity contribution is 0.251. The van der Waals surface area contributed by atoms with Crippen molar-refractivity contribution in [2.45, 2.75) is 6.54 Å². The average Bonchev–Trinajstić information content (AvgIpc) is 3.41. The molecule has 0 atom stereocenters. The summed E-state index contributed by atoms with van der Waals surface area (Å²) in [6.45, 7) is 0.334. The topological polar surface area (TPSA) is 89.7 Å². The molecule has 0 saturated carbocycles. The number of urea groups is 1. The zero-order valence-corrected chi connectivity index (χ0v) is 15.4. The number of rotatable bonds is 5. The van der Waals surface area contributed by atoms with Crippen LogP contribution >= 0.6 is 11.6 Å². The van der Waals surface area contributed by atoms with Crippen molar-refractivity contribution in [3.05, 3.63) is 84.0 Å². The van der Waals surface area contributed by atoms with Crippen LogP contribution in [-0.2, 0) is 6.54 Å². The largest absolute Gasteiger partial charge is 0.334 e. The van der Waals surface area contributed by atoms with Crippen LogP contribution in [0.15, 0.2) is 73.4 Å². The van der Waals surface area contributed by atoms with Gasteiger partial charge in [-0.2, -0.15) is 10.2 Å². The fraction of sp³-hybridized carbons (Fsp3) is 0.0526. The van der Waals surface area contributed by atoms with Gasteiger partial charge in [0.15, 0.2) is 5.82 Å². The number of halogens is 1. The first-order valence-corrected chi connectivity index (χ1v) is 8.87. The number of nitrogens with one attached hydrogen (secondary N) is 2. The van der Waals surface area contributed by atoms with Crippen molar-refractivity contribution in [1.29, 1.82) is 0 Å². The van der Waals surface area contributed by atoms with Gasteiger partial charge in [-0.25, -0.2) is 19.1 Å². The molecule has 0 aliphatic rings. The molecule has 0 bridgehead atoms. The van der Waals surface area contributed by atoms with E-state index in [9.17, 15) is 4.79 Å². The molecule has 140 valence electrons. The summed E-state index contributed by atoms with van der Waals surface area (Å²) in [5.74, 6) is 0.681. The molecule has 2 amide bonds. The lowest BCUT2D eigenvalue weighted by Gasteiger charge is -2.13. The van der Waals surface area contributed by atoms with E-state index in [1.165, 1.54) is 0 Å². The number of hydrogen-bond acceptors (Lipinski definition) is 4. The predicted octanol–water partition coefficient (Wildman–Crippen LogP) is 3.43. The minimum atomic E-state index is -0.354. The maximum Gasteiger partial charge on any atom is 0.319 e. The third kappa shape index (κ3) is 3.86. The fourth-order valence-electron chi connectivity index (χ4n) is 2.70. The van der Waals surface area contributed by atoms with Crippen molar-refractivity contribution in [2.75, 3.05) is 5.32 Å². The quantitative estimate of drug-likeness (QED) is 0.543. The maximum absolute atomic E-state index is 12.4. The van der Waals surface area contributed by atoms with Crippen LogP contribution in [-0.4, -0.2) is 30.6 Å². The molecule has 4 rings (SSSR count). The standard InChI is InChI=1S/C19H16ClN7O/c20-15-4-1-5-16(18(15)27-11-3-8-24-27)25-19(28)22-13-14-6-9-21-17(12-14)26-10-2-7-23-26/h1-12H,13H2,(H2,22,25,28). The molecule has 3 aromatic heterocycles. The number of amides is 2. The Labute approximate surface area is 165 Å². The van der Waals surface area contributed by atoms with E-state index in [1.807, 2.05) is 24.4 Å². The number of anilines is 1. The molecule has 0 saturated heterocycles. The predicted molar refractivity (Wildman–Crippen MR) is 106 cm³/mol. The van der Waals surface area contributed by atoms with Gasteiger partial charge in [0.1, 0.15) is 5.69 Å². The summed E-state index contributed by atoms with van der Waals surface area (Å²) >= 11 is 6.30. The molecule has 0 radical (unpaired) electrons. The van der Waals surface area contributed by atoms with Crippen molar-refractivity contribution in [3.8, 4) is 11.5 Å². The molecule has 28 heavy (non-hydrogen) atoms. The molecule has 0 aliphatic carbocycles. The number of pyridine rings is 1. The van der Waals surface area contributed by atoms with Crippen LogP contribution in [0.4, 0.5) is 10.5 Å². The molecule has 0 fully saturated rings. The number of nitrogens with zero attached hydrogens (tertiary/aromatic N) is 5. The zero-order valence-electron chi connectivity index (χ0n) is 14.7. The Balaban J connectivity index is 1.45. The zero-order chi connectivity index (χ0) is 19.3. The normalized spacial score (nSPS) is 10.6. The Hall–Kier alpha value is -3.65. The first-order chi connectivity index (χ1) is 13.7. The molecule has 1 aromatic carbocycles. The number of carbonyl (C=O) groups is 1. The van der Waals surface area contributed by atoms with Crippen molar-refractivity contribution >= 4 is 23.3 Å². The summed E-state index contributed by atoms with van der Waals surface area (Å²) in [4.78, 5) is 16.7. The summed E-state index contributed by atoms with van der Waals surface area (Å²) in [7, 11) is 0. The molecule has 0 aliphatic heterocycles. The highest BCUT2D eigenvalue weighted by Crippen LogP contribution is 2.27. The van der Waals surface area contributed by atoms with Crippen LogP contribution < -0.4 is 10.6 Å². The van der Waals surface area contributed by atoms with Gasteiger partial charge >= 0.3 is 6.03 Å². The molecule has 2 N–H and O–H groups in total. The van der Waals surface area contributed by atoms with E-state index in [2.05, 4.69) is 25.8 Å². The minimum Gasteiger partial charge on any atom is -0.334 e. The molecule has 8 nitrogen and oxygen atoms in total. The highest BCUT2D eigenvalue weighted by Gasteiger charge is 2.12. The molecular weight excluding hydrogens is 378 g/mol. The number of carbonyl (C=O) groups excluding carboxylic acids is 1. The van der Waals surface area contributed by atoms with Gasteiger partial charge in [-0.05, 0) is 42.0 Å². The summed E-state index contributed by atoms with van der Waals surface area (Å²) in [5.41, 5.74) is 2.06. The van der Waals surface area contributed by atoms with E-state index in [1.54, 1.807) is 58.4 Å². The van der Waals surface area contributed by atoms with Gasteiger partial charge in [-0.1, -0.05) is 17.7 Å². The van der Waals surface area contributed by atoms with E-state index in [4.69, 9.17) is 11.6 Å². The molecule has 4 aromatic rings. The number of para-hydroxylation sites is 1. The van der Waals surface area contributed by atoms with Gasteiger partial charge in [0.2, 0.25) is 0 Å². The Kier molecular flexibility index (Phi) is 5.03. The van der Waals surface area contributed by atoms with Crippen molar-refractivity contribution in [1.82, 2.24) is 29.9 Å². The lowest BCUT2D eigenvalue weighted by atomic mass is 10.2. The van der Waals surface area contributed by atoms with Gasteiger partial charge in [0.25, 0.3) is 0 Å². The van der Waals surface area contributed by atoms with E-state index in [0.717, 1.165) is 5.56 Å². The minimum absolute atomic E-state index is 0.334. The first-order valence-electron chi connectivity index (χ1n) is 8.49. The maximum atomic E-state index is 12.4. The van der Waals surface area contributed by atoms with Gasteiger partial charge in [-0.3, -0.25) is 0 Å². The van der Waals surface area contributed by atoms with Gasteiger partial charge in [0, 0.05) is 37.5 Å². The third-order valence-electron chi connectivity index (χ3n) is 3.97. The van der Waals surface area contributed by atoms with E-state index >= 15 is 0 Å². The van der Waals surface area contributed by atoms with Crippen molar-refractivity contribution in [3.63, 3.8) is 0 Å². The van der Waals surface area contributed by atoms with Gasteiger partial charge in [-0.15, -0.1) is 0 Å². The second-order valence-corrected chi connectivity index (χ2v) is 6.27. The Bertz CT molecular complexity index is 1080. The van der Waals surface area contributed by atoms with Crippen LogP contribution in [0.1, 0.15) is 5.56 Å². The first kappa shape index (κ1) is 17.7. The molecule has 0 spiro atoms. The number of aromatic nitrogens is 5. The molecule has 9 heteroatoms. The van der Waals surface area contributed by atoms with Crippen LogP contribution in [0.25, 0.3) is 11.5 Å². The Morgan fingerprint density at radius 1 is 1.00 bits per heavy atom. The molecule has 0 unspecified atom stereocenters. The van der Waals surface area contributed by atoms with Gasteiger partial charge < -0.3 is 10.6 Å². The Morgan fingerprint density at radius 3 is 2.54 bits per heavy atom. The van der Waals surface area contributed by atoms with Crippen LogP contribution in [0.2, 0.25) is 5.02 Å². The fourth-order valence-corrected chi connectivity index (χ4v) is 2.96. The smallest absolute Gasteiger partial charge is 0.319 e. The van der Waals surface area contributed by atoms with Crippen molar-refractivity contribution in [2.24, 2.45) is 0 Å². The monoisotopic (exact) mass is 393 g/mol. The number of hydrogen-bond donors (Lipinski definition) is 2. The molecular formula is C19H16ClN7O. The van der Waals surface area contributed by atoms with E-state index in [-0.39, 0.29) is 6.03 Å². The summed E-state index contributed by atoms with van der Waals surface area (Å²) in [6.07, 6.45) is 8.58. The summed E-state index contributed by atoms with van der Waals surface area (Å²) in [6, 6.07) is 12.2.